The number of carbonyl (C=O) groups excluding carboxylic acids is 2. The van der Waals surface area contributed by atoms with Crippen molar-refractivity contribution in [3.8, 4) is 0 Å². The number of anilines is 2. The topological polar surface area (TPSA) is 120 Å². The molecule has 3 rings (SSSR count). The molecule has 0 aliphatic rings. The fraction of sp³-hybridized carbons (Fsp3) is 0.286. The summed E-state index contributed by atoms with van der Waals surface area (Å²) in [5.74, 6) is -1.47. The van der Waals surface area contributed by atoms with Crippen LogP contribution in [-0.2, 0) is 18.9 Å². The number of benzene rings is 2. The van der Waals surface area contributed by atoms with Gasteiger partial charge in [0.1, 0.15) is 21.1 Å². The molecule has 0 aliphatic carbocycles. The third-order valence-electron chi connectivity index (χ3n) is 4.85. The third-order valence-corrected chi connectivity index (χ3v) is 5.83. The number of ether oxygens (including phenoxy) is 4. The summed E-state index contributed by atoms with van der Waals surface area (Å²) in [6.45, 7) is 7.79. The van der Waals surface area contributed by atoms with Crippen LogP contribution in [0.2, 0.25) is 0 Å². The van der Waals surface area contributed by atoms with Crippen LogP contribution in [0, 0.1) is 0 Å². The van der Waals surface area contributed by atoms with Gasteiger partial charge in [0.2, 0.25) is 0 Å². The number of carbonyl (C=O) groups is 2. The molecule has 0 atom stereocenters. The summed E-state index contributed by atoms with van der Waals surface area (Å²) in [6, 6.07) is 18.9. The lowest BCUT2D eigenvalue weighted by Gasteiger charge is -2.10. The van der Waals surface area contributed by atoms with E-state index in [0.717, 1.165) is 22.7 Å². The lowest BCUT2D eigenvalue weighted by Crippen LogP contribution is -2.17. The predicted molar refractivity (Wildman–Crippen MR) is 154 cm³/mol. The van der Waals surface area contributed by atoms with Crippen molar-refractivity contribution in [2.75, 3.05) is 37.1 Å². The van der Waals surface area contributed by atoms with Gasteiger partial charge in [0.05, 0.1) is 26.4 Å². The summed E-state index contributed by atoms with van der Waals surface area (Å²) in [5.41, 5.74) is 1.32. The number of nitrogens with zero attached hydrogens (tertiary/aromatic N) is 2. The second-order valence-corrected chi connectivity index (χ2v) is 8.56. The molecule has 0 fully saturated rings. The lowest BCUT2D eigenvalue weighted by atomic mass is 10.1. The van der Waals surface area contributed by atoms with E-state index in [1.54, 1.807) is 13.8 Å². The first-order chi connectivity index (χ1) is 19.0. The van der Waals surface area contributed by atoms with Gasteiger partial charge in [0.15, 0.2) is 0 Å². The highest BCUT2D eigenvalue weighted by molar-refractivity contribution is 7.20. The van der Waals surface area contributed by atoms with Gasteiger partial charge in [-0.05, 0) is 52.0 Å². The Labute approximate surface area is 231 Å². The van der Waals surface area contributed by atoms with Crippen LogP contribution in [0.15, 0.2) is 70.6 Å². The smallest absolute Gasteiger partial charge is 0.342 e. The number of aliphatic imine (C=N–C) groups is 2. The van der Waals surface area contributed by atoms with E-state index >= 15 is 0 Å². The molecule has 206 valence electrons. The van der Waals surface area contributed by atoms with Crippen LogP contribution in [0.1, 0.15) is 48.4 Å². The highest BCUT2D eigenvalue weighted by Crippen LogP contribution is 2.43. The first-order valence-corrected chi connectivity index (χ1v) is 13.4. The number of nitrogens with one attached hydrogen (secondary N) is 2. The molecule has 0 unspecified atom stereocenters. The second kappa shape index (κ2) is 15.1. The number of hydrogen-bond donors (Lipinski definition) is 2. The number of amidine groups is 2. The van der Waals surface area contributed by atoms with Gasteiger partial charge >= 0.3 is 11.9 Å². The molecule has 2 N–H and O–H groups in total. The maximum atomic E-state index is 13.2. The van der Waals surface area contributed by atoms with Gasteiger partial charge in [-0.3, -0.25) is 0 Å². The molecule has 10 nitrogen and oxygen atoms in total. The van der Waals surface area contributed by atoms with Crippen LogP contribution in [0.3, 0.4) is 0 Å². The maximum absolute atomic E-state index is 13.2. The molecule has 0 radical (unpaired) electrons. The van der Waals surface area contributed by atoms with Crippen molar-refractivity contribution in [2.45, 2.75) is 27.7 Å². The fourth-order valence-electron chi connectivity index (χ4n) is 3.29. The number of para-hydroxylation sites is 2. The summed E-state index contributed by atoms with van der Waals surface area (Å²) >= 11 is 1.01. The normalized spacial score (nSPS) is 11.5. The van der Waals surface area contributed by atoms with E-state index in [2.05, 4.69) is 20.6 Å². The van der Waals surface area contributed by atoms with Crippen LogP contribution < -0.4 is 10.6 Å². The van der Waals surface area contributed by atoms with E-state index in [1.165, 1.54) is 0 Å². The summed E-state index contributed by atoms with van der Waals surface area (Å²) < 4.78 is 22.0. The summed E-state index contributed by atoms with van der Waals surface area (Å²) in [7, 11) is 0. The van der Waals surface area contributed by atoms with Crippen LogP contribution >= 0.6 is 11.3 Å². The molecule has 0 spiro atoms. The maximum Gasteiger partial charge on any atom is 0.342 e. The molecule has 0 amide bonds. The van der Waals surface area contributed by atoms with E-state index in [0.29, 0.717) is 13.2 Å². The number of esters is 2. The van der Waals surface area contributed by atoms with E-state index in [-0.39, 0.29) is 46.4 Å². The van der Waals surface area contributed by atoms with Crippen molar-refractivity contribution in [1.29, 1.82) is 0 Å². The zero-order valence-corrected chi connectivity index (χ0v) is 23.2. The van der Waals surface area contributed by atoms with Gasteiger partial charge in [0.25, 0.3) is 12.0 Å². The fourth-order valence-corrected chi connectivity index (χ4v) is 4.31. The molecule has 0 saturated carbocycles. The van der Waals surface area contributed by atoms with Crippen LogP contribution in [-0.4, -0.2) is 50.4 Å². The highest BCUT2D eigenvalue weighted by Gasteiger charge is 2.31. The Bertz CT molecular complexity index is 1190. The van der Waals surface area contributed by atoms with Gasteiger partial charge in [-0.1, -0.05) is 47.7 Å². The van der Waals surface area contributed by atoms with Gasteiger partial charge < -0.3 is 29.6 Å². The lowest BCUT2D eigenvalue weighted by molar-refractivity contribution is 0.0481. The first-order valence-electron chi connectivity index (χ1n) is 12.6. The molecule has 0 aliphatic heterocycles. The summed E-state index contributed by atoms with van der Waals surface area (Å²) in [6.07, 6.45) is 0. The van der Waals surface area contributed by atoms with Gasteiger partial charge in [-0.2, -0.15) is 9.98 Å². The van der Waals surface area contributed by atoms with Crippen LogP contribution in [0.25, 0.3) is 0 Å². The Morgan fingerprint density at radius 3 is 1.31 bits per heavy atom. The molecule has 1 heterocycles. The van der Waals surface area contributed by atoms with Crippen LogP contribution in [0.5, 0.6) is 0 Å². The van der Waals surface area contributed by atoms with Crippen molar-refractivity contribution in [3.05, 3.63) is 71.8 Å². The van der Waals surface area contributed by atoms with Crippen molar-refractivity contribution in [2.24, 2.45) is 9.98 Å². The molecule has 39 heavy (non-hydrogen) atoms. The SMILES string of the molecule is CCOC(=O)c1c(/N=C(/Nc2ccccc2)OCC)sc(/N=C(/Nc2ccccc2)OCC)c1C(=O)OCC. The standard InChI is InChI=1S/C28H32N4O6S/c1-5-35-25(33)21-22(26(34)36-6-2)24(32-28(38-8-4)30-20-17-13-10-14-18-20)39-23(21)31-27(37-7-3)29-19-15-11-9-12-16-19/h9-18H,5-8H2,1-4H3,(H,29,31)(H,30,32). The van der Waals surface area contributed by atoms with Gasteiger partial charge in [-0.25, -0.2) is 9.59 Å². The number of rotatable bonds is 10. The Hall–Kier alpha value is -4.38. The predicted octanol–water partition coefficient (Wildman–Crippen LogP) is 6.37. The summed E-state index contributed by atoms with van der Waals surface area (Å²) in [4.78, 5) is 35.5. The first kappa shape index (κ1) is 29.2. The molecular formula is C28H32N4O6S. The Morgan fingerprint density at radius 1 is 0.615 bits per heavy atom. The molecule has 3 aromatic rings. The average molecular weight is 553 g/mol. The van der Waals surface area contributed by atoms with Crippen LogP contribution in [0.4, 0.5) is 21.4 Å². The summed E-state index contributed by atoms with van der Waals surface area (Å²) in [5, 5.41) is 6.52. The molecule has 1 aromatic heterocycles. The van der Waals surface area contributed by atoms with Crippen molar-refractivity contribution in [3.63, 3.8) is 0 Å². The van der Waals surface area contributed by atoms with Crippen molar-refractivity contribution in [1.82, 2.24) is 0 Å². The largest absolute Gasteiger partial charge is 0.465 e. The number of thiophene rings is 1. The minimum atomic E-state index is -0.735. The molecular weight excluding hydrogens is 520 g/mol. The van der Waals surface area contributed by atoms with Gasteiger partial charge in [-0.15, -0.1) is 0 Å². The number of hydrogen-bond acceptors (Lipinski definition) is 9. The van der Waals surface area contributed by atoms with E-state index in [9.17, 15) is 9.59 Å². The van der Waals surface area contributed by atoms with Gasteiger partial charge in [0, 0.05) is 11.4 Å². The second-order valence-electron chi connectivity index (χ2n) is 7.59. The molecule has 0 saturated heterocycles. The minimum absolute atomic E-state index is 0.0679. The molecule has 11 heteroatoms. The Kier molecular flexibility index (Phi) is 11.3. The zero-order chi connectivity index (χ0) is 28.0. The zero-order valence-electron chi connectivity index (χ0n) is 22.4. The molecule has 2 aromatic carbocycles. The quantitative estimate of drug-likeness (QED) is 0.169. The van der Waals surface area contributed by atoms with E-state index in [1.807, 2.05) is 74.5 Å². The van der Waals surface area contributed by atoms with E-state index in [4.69, 9.17) is 18.9 Å². The van der Waals surface area contributed by atoms with Crippen molar-refractivity contribution >= 4 is 56.7 Å². The Morgan fingerprint density at radius 2 is 0.974 bits per heavy atom. The average Bonchev–Trinajstić information content (AvgIpc) is 3.28. The molecule has 0 bridgehead atoms. The van der Waals surface area contributed by atoms with Crippen molar-refractivity contribution < 1.29 is 28.5 Å². The highest BCUT2D eigenvalue weighted by atomic mass is 32.1. The third kappa shape index (κ3) is 8.30. The van der Waals surface area contributed by atoms with E-state index < -0.39 is 11.9 Å². The Balaban J connectivity index is 2.19. The monoisotopic (exact) mass is 552 g/mol. The minimum Gasteiger partial charge on any atom is -0.465 e.